The fourth-order valence-electron chi connectivity index (χ4n) is 2.58. The van der Waals surface area contributed by atoms with Crippen molar-refractivity contribution in [2.75, 3.05) is 19.2 Å². The monoisotopic (exact) mass is 364 g/mol. The highest BCUT2D eigenvalue weighted by atomic mass is 16.7. The van der Waals surface area contributed by atoms with Crippen molar-refractivity contribution in [3.05, 3.63) is 54.2 Å². The van der Waals surface area contributed by atoms with Gasteiger partial charge < -0.3 is 25.3 Å². The molecule has 2 aromatic carbocycles. The molecule has 1 aliphatic rings. The molecule has 4 rings (SSSR count). The molecule has 0 bridgehead atoms. The number of carbonyl (C=O) groups excluding carboxylic acids is 1. The number of ether oxygens (including phenoxy) is 3. The molecule has 1 amide bonds. The van der Waals surface area contributed by atoms with E-state index in [1.54, 1.807) is 37.4 Å². The summed E-state index contributed by atoms with van der Waals surface area (Å²) in [5.74, 6) is 2.91. The van der Waals surface area contributed by atoms with Crippen LogP contribution in [0.15, 0.2) is 48.5 Å². The molecule has 0 saturated carbocycles. The van der Waals surface area contributed by atoms with Crippen LogP contribution in [0.2, 0.25) is 0 Å². The van der Waals surface area contributed by atoms with E-state index in [2.05, 4.69) is 15.3 Å². The Bertz CT molecular complexity index is 1010. The minimum absolute atomic E-state index is 0.144. The fraction of sp³-hybridized carbons (Fsp3) is 0.105. The Morgan fingerprint density at radius 2 is 1.78 bits per heavy atom. The molecule has 8 nitrogen and oxygen atoms in total. The first-order chi connectivity index (χ1) is 13.1. The maximum atomic E-state index is 11.5. The average Bonchev–Trinajstić information content (AvgIpc) is 3.16. The number of nitrogens with zero attached hydrogens (tertiary/aromatic N) is 2. The van der Waals surface area contributed by atoms with E-state index in [9.17, 15) is 4.79 Å². The highest BCUT2D eigenvalue weighted by molar-refractivity contribution is 5.92. The van der Waals surface area contributed by atoms with Gasteiger partial charge in [0, 0.05) is 24.7 Å². The van der Waals surface area contributed by atoms with Crippen molar-refractivity contribution >= 4 is 11.7 Å². The molecule has 0 radical (unpaired) electrons. The van der Waals surface area contributed by atoms with Crippen molar-refractivity contribution in [2.45, 2.75) is 0 Å². The molecule has 1 aliphatic heterocycles. The van der Waals surface area contributed by atoms with Gasteiger partial charge in [-0.05, 0) is 36.4 Å². The van der Waals surface area contributed by atoms with Crippen molar-refractivity contribution in [3.63, 3.8) is 0 Å². The van der Waals surface area contributed by atoms with E-state index in [1.807, 2.05) is 12.1 Å². The van der Waals surface area contributed by atoms with Gasteiger partial charge in [0.15, 0.2) is 17.3 Å². The van der Waals surface area contributed by atoms with Crippen LogP contribution in [0.1, 0.15) is 10.5 Å². The van der Waals surface area contributed by atoms with Gasteiger partial charge in [0.1, 0.15) is 23.0 Å². The number of aromatic nitrogens is 2. The molecule has 136 valence electrons. The van der Waals surface area contributed by atoms with Gasteiger partial charge >= 0.3 is 0 Å². The van der Waals surface area contributed by atoms with Crippen LogP contribution in [0.3, 0.4) is 0 Å². The lowest BCUT2D eigenvalue weighted by atomic mass is 10.2. The minimum Gasteiger partial charge on any atom is -0.457 e. The second-order valence-electron chi connectivity index (χ2n) is 5.72. The Morgan fingerprint density at radius 3 is 2.52 bits per heavy atom. The molecule has 3 N–H and O–H groups in total. The van der Waals surface area contributed by atoms with E-state index in [0.717, 1.165) is 5.56 Å². The highest BCUT2D eigenvalue weighted by Crippen LogP contribution is 2.36. The first-order valence-corrected chi connectivity index (χ1v) is 8.17. The molecule has 0 saturated heterocycles. The van der Waals surface area contributed by atoms with Gasteiger partial charge in [-0.2, -0.15) is 0 Å². The van der Waals surface area contributed by atoms with Gasteiger partial charge in [0.2, 0.25) is 6.79 Å². The molecule has 0 fully saturated rings. The largest absolute Gasteiger partial charge is 0.457 e. The fourth-order valence-corrected chi connectivity index (χ4v) is 2.58. The minimum atomic E-state index is -0.613. The van der Waals surface area contributed by atoms with Crippen molar-refractivity contribution in [1.29, 1.82) is 0 Å². The molecular formula is C19H16N4O4. The summed E-state index contributed by atoms with van der Waals surface area (Å²) in [6.45, 7) is 0.215. The summed E-state index contributed by atoms with van der Waals surface area (Å²) in [5.41, 5.74) is 6.21. The molecule has 1 aromatic heterocycles. The van der Waals surface area contributed by atoms with Crippen molar-refractivity contribution in [2.24, 2.45) is 5.73 Å². The molecule has 8 heteroatoms. The number of hydrogen-bond donors (Lipinski definition) is 2. The lowest BCUT2D eigenvalue weighted by molar-refractivity contribution is 0.0995. The summed E-state index contributed by atoms with van der Waals surface area (Å²) in [4.78, 5) is 20.0. The van der Waals surface area contributed by atoms with Crippen LogP contribution in [-0.2, 0) is 0 Å². The van der Waals surface area contributed by atoms with E-state index in [1.165, 1.54) is 6.07 Å². The van der Waals surface area contributed by atoms with Crippen LogP contribution >= 0.6 is 0 Å². The summed E-state index contributed by atoms with van der Waals surface area (Å²) in [5, 5.41) is 2.89. The van der Waals surface area contributed by atoms with Crippen LogP contribution in [0.5, 0.6) is 23.0 Å². The van der Waals surface area contributed by atoms with E-state index in [-0.39, 0.29) is 12.5 Å². The lowest BCUT2D eigenvalue weighted by Gasteiger charge is -2.09. The number of primary amides is 1. The maximum Gasteiger partial charge on any atom is 0.267 e. The Morgan fingerprint density at radius 1 is 1.04 bits per heavy atom. The third-order valence-electron chi connectivity index (χ3n) is 3.93. The van der Waals surface area contributed by atoms with Gasteiger partial charge in [-0.15, -0.1) is 0 Å². The number of nitrogens with one attached hydrogen (secondary N) is 1. The van der Waals surface area contributed by atoms with Crippen molar-refractivity contribution < 1.29 is 19.0 Å². The van der Waals surface area contributed by atoms with Crippen LogP contribution in [-0.4, -0.2) is 29.7 Å². The normalized spacial score (nSPS) is 11.9. The Balaban J connectivity index is 1.57. The summed E-state index contributed by atoms with van der Waals surface area (Å²) in [7, 11) is 1.71. The average molecular weight is 364 g/mol. The summed E-state index contributed by atoms with van der Waals surface area (Å²) in [6, 6.07) is 14.1. The number of anilines is 1. The van der Waals surface area contributed by atoms with Gasteiger partial charge in [-0.1, -0.05) is 0 Å². The van der Waals surface area contributed by atoms with E-state index < -0.39 is 5.91 Å². The molecule has 3 aromatic rings. The first kappa shape index (κ1) is 16.6. The van der Waals surface area contributed by atoms with Crippen LogP contribution < -0.4 is 25.3 Å². The molecule has 0 atom stereocenters. The Labute approximate surface area is 154 Å². The van der Waals surface area contributed by atoms with Gasteiger partial charge in [0.05, 0.1) is 0 Å². The molecular weight excluding hydrogens is 348 g/mol. The summed E-state index contributed by atoms with van der Waals surface area (Å²) < 4.78 is 16.5. The molecule has 2 heterocycles. The third kappa shape index (κ3) is 3.45. The molecule has 0 aliphatic carbocycles. The third-order valence-corrected chi connectivity index (χ3v) is 3.93. The molecule has 0 spiro atoms. The van der Waals surface area contributed by atoms with Gasteiger partial charge in [0.25, 0.3) is 5.91 Å². The molecule has 27 heavy (non-hydrogen) atoms. The second kappa shape index (κ2) is 6.83. The summed E-state index contributed by atoms with van der Waals surface area (Å²) >= 11 is 0. The van der Waals surface area contributed by atoms with E-state index >= 15 is 0 Å². The predicted octanol–water partition coefficient (Wildman–Crippen LogP) is 2.81. The number of nitrogens with two attached hydrogens (primary N) is 1. The van der Waals surface area contributed by atoms with Crippen LogP contribution in [0.25, 0.3) is 11.4 Å². The van der Waals surface area contributed by atoms with Crippen LogP contribution in [0.4, 0.5) is 5.82 Å². The standard InChI is InChI=1S/C19H16N4O4/c1-21-17-9-14(18(20)24)22-19(23-17)11-2-4-12(5-3-11)27-13-6-7-15-16(8-13)26-10-25-15/h2-9H,10H2,1H3,(H2,20,24)(H,21,22,23). The van der Waals surface area contributed by atoms with Crippen molar-refractivity contribution in [1.82, 2.24) is 9.97 Å². The maximum absolute atomic E-state index is 11.5. The van der Waals surface area contributed by atoms with Crippen LogP contribution in [0, 0.1) is 0 Å². The smallest absolute Gasteiger partial charge is 0.267 e. The van der Waals surface area contributed by atoms with Gasteiger partial charge in [-0.3, -0.25) is 4.79 Å². The Hall–Kier alpha value is -3.81. The van der Waals surface area contributed by atoms with E-state index in [0.29, 0.717) is 34.6 Å². The Kier molecular flexibility index (Phi) is 4.21. The predicted molar refractivity (Wildman–Crippen MR) is 98.2 cm³/mol. The number of carbonyl (C=O) groups is 1. The number of fused-ring (bicyclic) bond motifs is 1. The van der Waals surface area contributed by atoms with E-state index in [4.69, 9.17) is 19.9 Å². The number of hydrogen-bond acceptors (Lipinski definition) is 7. The first-order valence-electron chi connectivity index (χ1n) is 8.17. The van der Waals surface area contributed by atoms with Crippen molar-refractivity contribution in [3.8, 4) is 34.4 Å². The SMILES string of the molecule is CNc1cc(C(N)=O)nc(-c2ccc(Oc3ccc4c(c3)OCO4)cc2)n1. The number of amides is 1. The quantitative estimate of drug-likeness (QED) is 0.716. The van der Waals surface area contributed by atoms with Gasteiger partial charge in [-0.25, -0.2) is 9.97 Å². The lowest BCUT2D eigenvalue weighted by Crippen LogP contribution is -2.14. The number of rotatable bonds is 5. The topological polar surface area (TPSA) is 109 Å². The second-order valence-corrected chi connectivity index (χ2v) is 5.72. The molecule has 0 unspecified atom stereocenters. The zero-order valence-corrected chi connectivity index (χ0v) is 14.4. The number of benzene rings is 2. The zero-order valence-electron chi connectivity index (χ0n) is 14.4. The summed E-state index contributed by atoms with van der Waals surface area (Å²) in [6.07, 6.45) is 0. The zero-order chi connectivity index (χ0) is 18.8. The highest BCUT2D eigenvalue weighted by Gasteiger charge is 2.14.